The van der Waals surface area contributed by atoms with E-state index in [1.807, 2.05) is 0 Å². The minimum atomic E-state index is -0.134. The molecule has 0 aromatic heterocycles. The van der Waals surface area contributed by atoms with Crippen LogP contribution >= 0.6 is 11.8 Å². The van der Waals surface area contributed by atoms with Gasteiger partial charge in [0.05, 0.1) is 6.10 Å². The fraction of sp³-hybridized carbons (Fsp3) is 0.333. The van der Waals surface area contributed by atoms with E-state index in [0.717, 1.165) is 25.9 Å². The molecule has 0 saturated carbocycles. The van der Waals surface area contributed by atoms with Crippen LogP contribution in [0.2, 0.25) is 0 Å². The number of aliphatic hydroxyl groups is 1. The lowest BCUT2D eigenvalue weighted by Crippen LogP contribution is -2.36. The third-order valence-electron chi connectivity index (χ3n) is 4.09. The van der Waals surface area contributed by atoms with Crippen molar-refractivity contribution in [3.63, 3.8) is 0 Å². The zero-order valence-corrected chi connectivity index (χ0v) is 13.1. The van der Waals surface area contributed by atoms with Crippen molar-refractivity contribution in [1.82, 2.24) is 0 Å². The van der Waals surface area contributed by atoms with Gasteiger partial charge in [-0.1, -0.05) is 36.4 Å². The third-order valence-corrected chi connectivity index (χ3v) is 4.82. The van der Waals surface area contributed by atoms with Crippen molar-refractivity contribution in [3.8, 4) is 11.1 Å². The first-order valence-electron chi connectivity index (χ1n) is 7.44. The first-order valence-corrected chi connectivity index (χ1v) is 8.67. The minimum absolute atomic E-state index is 0.134. The summed E-state index contributed by atoms with van der Waals surface area (Å²) in [6.45, 7) is 1.86. The summed E-state index contributed by atoms with van der Waals surface area (Å²) in [5.41, 5.74) is 3.83. The molecule has 1 fully saturated rings. The number of aliphatic hydroxyl groups excluding tert-OH is 1. The van der Waals surface area contributed by atoms with E-state index >= 15 is 0 Å². The van der Waals surface area contributed by atoms with E-state index in [-0.39, 0.29) is 6.10 Å². The number of benzene rings is 2. The predicted molar refractivity (Wildman–Crippen MR) is 91.1 cm³/mol. The molecule has 2 nitrogen and oxygen atoms in total. The van der Waals surface area contributed by atoms with Gasteiger partial charge in [0.25, 0.3) is 0 Å². The molecule has 0 atom stereocenters. The van der Waals surface area contributed by atoms with Gasteiger partial charge in [-0.15, -0.1) is 11.8 Å². The van der Waals surface area contributed by atoms with Gasteiger partial charge in [0.1, 0.15) is 0 Å². The Morgan fingerprint density at radius 2 is 1.76 bits per heavy atom. The van der Waals surface area contributed by atoms with E-state index in [2.05, 4.69) is 59.7 Å². The SMILES string of the molecule is CSc1ccc(-c2ccccc2)c(N2CCC(O)CC2)c1. The largest absolute Gasteiger partial charge is 0.393 e. The lowest BCUT2D eigenvalue weighted by molar-refractivity contribution is 0.145. The van der Waals surface area contributed by atoms with E-state index in [1.54, 1.807) is 11.8 Å². The number of piperidine rings is 1. The fourth-order valence-corrected chi connectivity index (χ4v) is 3.30. The van der Waals surface area contributed by atoms with Crippen molar-refractivity contribution in [2.45, 2.75) is 23.8 Å². The Balaban J connectivity index is 2.00. The van der Waals surface area contributed by atoms with Crippen LogP contribution < -0.4 is 4.90 Å². The van der Waals surface area contributed by atoms with Gasteiger partial charge in [-0.2, -0.15) is 0 Å². The van der Waals surface area contributed by atoms with Gasteiger partial charge >= 0.3 is 0 Å². The highest BCUT2D eigenvalue weighted by Crippen LogP contribution is 2.35. The molecule has 0 bridgehead atoms. The summed E-state index contributed by atoms with van der Waals surface area (Å²) in [6, 6.07) is 17.2. The van der Waals surface area contributed by atoms with Crippen LogP contribution in [0.15, 0.2) is 53.4 Å². The summed E-state index contributed by atoms with van der Waals surface area (Å²) in [5.74, 6) is 0. The molecule has 1 saturated heterocycles. The number of thioether (sulfide) groups is 1. The van der Waals surface area contributed by atoms with Gasteiger partial charge in [0.2, 0.25) is 0 Å². The molecule has 110 valence electrons. The van der Waals surface area contributed by atoms with Gasteiger partial charge in [-0.3, -0.25) is 0 Å². The molecule has 0 spiro atoms. The number of hydrogen-bond acceptors (Lipinski definition) is 3. The first-order chi connectivity index (χ1) is 10.3. The Hall–Kier alpha value is -1.45. The molecular formula is C18H21NOS. The van der Waals surface area contributed by atoms with Crippen LogP contribution in [0.1, 0.15) is 12.8 Å². The summed E-state index contributed by atoms with van der Waals surface area (Å²) in [7, 11) is 0. The Morgan fingerprint density at radius 3 is 2.43 bits per heavy atom. The highest BCUT2D eigenvalue weighted by molar-refractivity contribution is 7.98. The quantitative estimate of drug-likeness (QED) is 0.865. The summed E-state index contributed by atoms with van der Waals surface area (Å²) in [5, 5.41) is 9.73. The Kier molecular flexibility index (Phi) is 4.51. The maximum absolute atomic E-state index is 9.73. The molecule has 2 aromatic carbocycles. The number of hydrogen-bond donors (Lipinski definition) is 1. The molecule has 0 radical (unpaired) electrons. The second-order valence-electron chi connectivity index (χ2n) is 5.47. The monoisotopic (exact) mass is 299 g/mol. The maximum atomic E-state index is 9.73. The van der Waals surface area contributed by atoms with Gasteiger partial charge in [0, 0.05) is 29.2 Å². The molecule has 3 rings (SSSR count). The third kappa shape index (κ3) is 3.25. The molecule has 0 aliphatic carbocycles. The molecule has 1 N–H and O–H groups in total. The Labute approximate surface area is 130 Å². The molecular weight excluding hydrogens is 278 g/mol. The number of rotatable bonds is 3. The lowest BCUT2D eigenvalue weighted by Gasteiger charge is -2.33. The second-order valence-corrected chi connectivity index (χ2v) is 6.35. The summed E-state index contributed by atoms with van der Waals surface area (Å²) in [6.07, 6.45) is 3.70. The lowest BCUT2D eigenvalue weighted by atomic mass is 10.0. The van der Waals surface area contributed by atoms with Crippen LogP contribution in [0.25, 0.3) is 11.1 Å². The molecule has 21 heavy (non-hydrogen) atoms. The van der Waals surface area contributed by atoms with E-state index < -0.39 is 0 Å². The minimum Gasteiger partial charge on any atom is -0.393 e. The standard InChI is InChI=1S/C18H21NOS/c1-21-16-7-8-17(14-5-3-2-4-6-14)18(13-16)19-11-9-15(20)10-12-19/h2-8,13,15,20H,9-12H2,1H3. The van der Waals surface area contributed by atoms with Gasteiger partial charge < -0.3 is 10.0 Å². The average Bonchev–Trinajstić information content (AvgIpc) is 2.56. The van der Waals surface area contributed by atoms with Gasteiger partial charge in [-0.05, 0) is 36.8 Å². The highest BCUT2D eigenvalue weighted by Gasteiger charge is 2.20. The van der Waals surface area contributed by atoms with Crippen LogP contribution in [0.4, 0.5) is 5.69 Å². The van der Waals surface area contributed by atoms with Crippen molar-refractivity contribution in [3.05, 3.63) is 48.5 Å². The van der Waals surface area contributed by atoms with E-state index in [9.17, 15) is 5.11 Å². The van der Waals surface area contributed by atoms with Gasteiger partial charge in [-0.25, -0.2) is 0 Å². The molecule has 2 aromatic rings. The van der Waals surface area contributed by atoms with Crippen molar-refractivity contribution in [2.24, 2.45) is 0 Å². The van der Waals surface area contributed by atoms with E-state index in [4.69, 9.17) is 0 Å². The zero-order chi connectivity index (χ0) is 14.7. The van der Waals surface area contributed by atoms with Crippen molar-refractivity contribution < 1.29 is 5.11 Å². The predicted octanol–water partition coefficient (Wildman–Crippen LogP) is 4.04. The molecule has 0 amide bonds. The summed E-state index contributed by atoms with van der Waals surface area (Å²) >= 11 is 1.78. The van der Waals surface area contributed by atoms with Crippen molar-refractivity contribution in [2.75, 3.05) is 24.2 Å². The van der Waals surface area contributed by atoms with Crippen LogP contribution in [-0.2, 0) is 0 Å². The molecule has 1 aliphatic heterocycles. The molecule has 0 unspecified atom stereocenters. The van der Waals surface area contributed by atoms with Gasteiger partial charge in [0.15, 0.2) is 0 Å². The fourth-order valence-electron chi connectivity index (χ4n) is 2.87. The highest BCUT2D eigenvalue weighted by atomic mass is 32.2. The van der Waals surface area contributed by atoms with Crippen LogP contribution in [0.3, 0.4) is 0 Å². The van der Waals surface area contributed by atoms with Crippen LogP contribution in [0.5, 0.6) is 0 Å². The topological polar surface area (TPSA) is 23.5 Å². The summed E-state index contributed by atoms with van der Waals surface area (Å²) < 4.78 is 0. The van der Waals surface area contributed by atoms with E-state index in [1.165, 1.54) is 21.7 Å². The number of nitrogens with zero attached hydrogens (tertiary/aromatic N) is 1. The second kappa shape index (κ2) is 6.54. The average molecular weight is 299 g/mol. The zero-order valence-electron chi connectivity index (χ0n) is 12.3. The molecule has 1 heterocycles. The maximum Gasteiger partial charge on any atom is 0.0574 e. The van der Waals surface area contributed by atoms with Crippen LogP contribution in [0, 0.1) is 0 Å². The molecule has 3 heteroatoms. The first kappa shape index (κ1) is 14.5. The number of anilines is 1. The molecule has 1 aliphatic rings. The van der Waals surface area contributed by atoms with Crippen LogP contribution in [-0.4, -0.2) is 30.6 Å². The van der Waals surface area contributed by atoms with E-state index in [0.29, 0.717) is 0 Å². The van der Waals surface area contributed by atoms with Crippen molar-refractivity contribution >= 4 is 17.4 Å². The normalized spacial score (nSPS) is 16.2. The Bertz CT molecular complexity index is 591. The smallest absolute Gasteiger partial charge is 0.0574 e. The Morgan fingerprint density at radius 1 is 1.05 bits per heavy atom. The summed E-state index contributed by atoms with van der Waals surface area (Å²) in [4.78, 5) is 3.70. The van der Waals surface area contributed by atoms with Crippen molar-refractivity contribution in [1.29, 1.82) is 0 Å².